The standard InChI is InChI=1S/C14H16ClFO/c1-3-10(4-2)7-13(17)8-11-5-6-12(16)9-14(11)15/h5-7,9H,3-4,8H2,1-2H3. The molecular formula is C14H16ClFO. The molecule has 0 saturated heterocycles. The molecule has 92 valence electrons. The molecule has 0 saturated carbocycles. The number of hydrogen-bond acceptors (Lipinski definition) is 1. The van der Waals surface area contributed by atoms with Crippen molar-refractivity contribution in [3.8, 4) is 0 Å². The normalized spacial score (nSPS) is 10.1. The van der Waals surface area contributed by atoms with Crippen LogP contribution in [-0.2, 0) is 11.2 Å². The van der Waals surface area contributed by atoms with Gasteiger partial charge in [0.25, 0.3) is 0 Å². The molecule has 1 aromatic carbocycles. The van der Waals surface area contributed by atoms with Gasteiger partial charge >= 0.3 is 0 Å². The minimum atomic E-state index is -0.385. The predicted octanol–water partition coefficient (Wildman–Crippen LogP) is 4.34. The molecule has 0 fully saturated rings. The highest BCUT2D eigenvalue weighted by Gasteiger charge is 2.06. The molecule has 1 aromatic rings. The molecule has 0 aromatic heterocycles. The molecular weight excluding hydrogens is 239 g/mol. The van der Waals surface area contributed by atoms with Crippen LogP contribution in [0.25, 0.3) is 0 Å². The number of rotatable bonds is 5. The summed E-state index contributed by atoms with van der Waals surface area (Å²) in [5.41, 5.74) is 1.79. The summed E-state index contributed by atoms with van der Waals surface area (Å²) in [7, 11) is 0. The van der Waals surface area contributed by atoms with E-state index < -0.39 is 0 Å². The topological polar surface area (TPSA) is 17.1 Å². The Hall–Kier alpha value is -1.15. The fourth-order valence-electron chi connectivity index (χ4n) is 1.59. The van der Waals surface area contributed by atoms with E-state index in [0.29, 0.717) is 10.6 Å². The molecule has 0 unspecified atom stereocenters. The summed E-state index contributed by atoms with van der Waals surface area (Å²) in [6, 6.07) is 4.11. The largest absolute Gasteiger partial charge is 0.294 e. The van der Waals surface area contributed by atoms with Gasteiger partial charge in [0, 0.05) is 11.4 Å². The molecule has 0 aliphatic heterocycles. The van der Waals surface area contributed by atoms with Gasteiger partial charge < -0.3 is 0 Å². The van der Waals surface area contributed by atoms with Crippen LogP contribution in [0.5, 0.6) is 0 Å². The molecule has 0 amide bonds. The van der Waals surface area contributed by atoms with E-state index in [1.807, 2.05) is 13.8 Å². The lowest BCUT2D eigenvalue weighted by atomic mass is 10.0. The molecule has 0 aliphatic rings. The Bertz CT molecular complexity index is 432. The third-order valence-corrected chi connectivity index (χ3v) is 3.01. The molecule has 0 spiro atoms. The fraction of sp³-hybridized carbons (Fsp3) is 0.357. The summed E-state index contributed by atoms with van der Waals surface area (Å²) in [6.07, 6.45) is 3.64. The molecule has 1 rings (SSSR count). The lowest BCUT2D eigenvalue weighted by Crippen LogP contribution is -2.01. The summed E-state index contributed by atoms with van der Waals surface area (Å²) in [5, 5.41) is 0.307. The van der Waals surface area contributed by atoms with E-state index in [4.69, 9.17) is 11.6 Å². The summed E-state index contributed by atoms with van der Waals surface area (Å²) >= 11 is 5.86. The number of halogens is 2. The number of carbonyl (C=O) groups excluding carboxylic acids is 1. The van der Waals surface area contributed by atoms with Crippen LogP contribution >= 0.6 is 11.6 Å². The Kier molecular flexibility index (Phi) is 5.36. The van der Waals surface area contributed by atoms with Gasteiger partial charge in [-0.15, -0.1) is 0 Å². The quantitative estimate of drug-likeness (QED) is 0.715. The average Bonchev–Trinajstić information content (AvgIpc) is 2.29. The molecule has 3 heteroatoms. The fourth-order valence-corrected chi connectivity index (χ4v) is 1.82. The zero-order chi connectivity index (χ0) is 12.8. The minimum Gasteiger partial charge on any atom is -0.294 e. The molecule has 0 N–H and O–H groups in total. The van der Waals surface area contributed by atoms with Crippen LogP contribution in [0.1, 0.15) is 32.3 Å². The second-order valence-electron chi connectivity index (χ2n) is 3.89. The Morgan fingerprint density at radius 2 is 2.00 bits per heavy atom. The van der Waals surface area contributed by atoms with Gasteiger partial charge in [-0.1, -0.05) is 37.1 Å². The van der Waals surface area contributed by atoms with Crippen LogP contribution in [0.3, 0.4) is 0 Å². The number of allylic oxidation sites excluding steroid dienone is 2. The van der Waals surface area contributed by atoms with E-state index >= 15 is 0 Å². The van der Waals surface area contributed by atoms with Gasteiger partial charge in [-0.25, -0.2) is 4.39 Å². The summed E-state index contributed by atoms with van der Waals surface area (Å²) < 4.78 is 12.8. The van der Waals surface area contributed by atoms with E-state index in [9.17, 15) is 9.18 Å². The van der Waals surface area contributed by atoms with Gasteiger partial charge in [0.1, 0.15) is 5.82 Å². The van der Waals surface area contributed by atoms with E-state index in [-0.39, 0.29) is 18.0 Å². The first-order valence-electron chi connectivity index (χ1n) is 5.73. The first-order chi connectivity index (χ1) is 8.06. The lowest BCUT2D eigenvalue weighted by molar-refractivity contribution is -0.114. The van der Waals surface area contributed by atoms with Gasteiger partial charge in [0.05, 0.1) is 0 Å². The zero-order valence-electron chi connectivity index (χ0n) is 10.1. The smallest absolute Gasteiger partial charge is 0.160 e. The number of hydrogen-bond donors (Lipinski definition) is 0. The van der Waals surface area contributed by atoms with Crippen LogP contribution in [-0.4, -0.2) is 5.78 Å². The van der Waals surface area contributed by atoms with Gasteiger partial charge in [0.15, 0.2) is 5.78 Å². The maximum atomic E-state index is 12.8. The molecule has 0 radical (unpaired) electrons. The van der Waals surface area contributed by atoms with Gasteiger partial charge in [0.2, 0.25) is 0 Å². The van der Waals surface area contributed by atoms with E-state index in [1.165, 1.54) is 12.1 Å². The molecule has 0 bridgehead atoms. The van der Waals surface area contributed by atoms with Crippen molar-refractivity contribution < 1.29 is 9.18 Å². The van der Waals surface area contributed by atoms with Gasteiger partial charge in [-0.3, -0.25) is 4.79 Å². The SMILES string of the molecule is CCC(=CC(=O)Cc1ccc(F)cc1Cl)CC. The third-order valence-electron chi connectivity index (χ3n) is 2.65. The Balaban J connectivity index is 2.78. The lowest BCUT2D eigenvalue weighted by Gasteiger charge is -2.03. The first-order valence-corrected chi connectivity index (χ1v) is 6.10. The van der Waals surface area contributed by atoms with Crippen molar-refractivity contribution in [2.75, 3.05) is 0 Å². The monoisotopic (exact) mass is 254 g/mol. The van der Waals surface area contributed by atoms with E-state index in [2.05, 4.69) is 0 Å². The van der Waals surface area contributed by atoms with Crippen molar-refractivity contribution in [3.63, 3.8) is 0 Å². The van der Waals surface area contributed by atoms with Gasteiger partial charge in [-0.05, 0) is 36.6 Å². The van der Waals surface area contributed by atoms with Crippen LogP contribution in [0.15, 0.2) is 29.8 Å². The highest BCUT2D eigenvalue weighted by molar-refractivity contribution is 6.31. The molecule has 0 aliphatic carbocycles. The highest BCUT2D eigenvalue weighted by Crippen LogP contribution is 2.18. The summed E-state index contributed by atoms with van der Waals surface area (Å²) in [5.74, 6) is -0.373. The van der Waals surface area contributed by atoms with Crippen LogP contribution in [0, 0.1) is 5.82 Å². The molecule has 17 heavy (non-hydrogen) atoms. The third kappa shape index (κ3) is 4.31. The summed E-state index contributed by atoms with van der Waals surface area (Å²) in [4.78, 5) is 11.7. The Morgan fingerprint density at radius 3 is 2.53 bits per heavy atom. The second-order valence-corrected chi connectivity index (χ2v) is 4.30. The first kappa shape index (κ1) is 13.9. The average molecular weight is 255 g/mol. The van der Waals surface area contributed by atoms with Crippen molar-refractivity contribution in [2.45, 2.75) is 33.1 Å². The molecule has 1 nitrogen and oxygen atoms in total. The Labute approximate surface area is 106 Å². The van der Waals surface area contributed by atoms with E-state index in [0.717, 1.165) is 18.4 Å². The van der Waals surface area contributed by atoms with Crippen molar-refractivity contribution in [1.29, 1.82) is 0 Å². The number of benzene rings is 1. The van der Waals surface area contributed by atoms with Crippen molar-refractivity contribution in [1.82, 2.24) is 0 Å². The zero-order valence-corrected chi connectivity index (χ0v) is 10.9. The van der Waals surface area contributed by atoms with Crippen LogP contribution < -0.4 is 0 Å². The number of carbonyl (C=O) groups is 1. The van der Waals surface area contributed by atoms with Crippen molar-refractivity contribution >= 4 is 17.4 Å². The highest BCUT2D eigenvalue weighted by atomic mass is 35.5. The van der Waals surface area contributed by atoms with E-state index in [1.54, 1.807) is 12.1 Å². The minimum absolute atomic E-state index is 0.0113. The summed E-state index contributed by atoms with van der Waals surface area (Å²) in [6.45, 7) is 4.04. The van der Waals surface area contributed by atoms with Crippen LogP contribution in [0.4, 0.5) is 4.39 Å². The maximum Gasteiger partial charge on any atom is 0.160 e. The van der Waals surface area contributed by atoms with Gasteiger partial charge in [-0.2, -0.15) is 0 Å². The molecule has 0 atom stereocenters. The number of ketones is 1. The Morgan fingerprint density at radius 1 is 1.35 bits per heavy atom. The van der Waals surface area contributed by atoms with Crippen LogP contribution in [0.2, 0.25) is 5.02 Å². The second kappa shape index (κ2) is 6.55. The molecule has 0 heterocycles. The maximum absolute atomic E-state index is 12.8. The van der Waals surface area contributed by atoms with Crippen molar-refractivity contribution in [2.24, 2.45) is 0 Å². The predicted molar refractivity (Wildman–Crippen MR) is 68.8 cm³/mol. The van der Waals surface area contributed by atoms with Crippen molar-refractivity contribution in [3.05, 3.63) is 46.3 Å².